The van der Waals surface area contributed by atoms with Gasteiger partial charge in [0.25, 0.3) is 11.5 Å². The lowest BCUT2D eigenvalue weighted by Crippen LogP contribution is -2.31. The minimum absolute atomic E-state index is 0.00139. The number of benzene rings is 1. The van der Waals surface area contributed by atoms with E-state index in [0.29, 0.717) is 0 Å². The first-order valence-corrected chi connectivity index (χ1v) is 5.12. The standard InChI is InChI=1S/C9H9N7O3/c10-11-9(17)8-12-14-15(13-8)5-6-1-3-7(4-2-6)16(18)19/h1-4H,5,10H2,(H,11,17). The second-order valence-corrected chi connectivity index (χ2v) is 3.54. The first-order valence-electron chi connectivity index (χ1n) is 5.12. The molecule has 2 rings (SSSR count). The van der Waals surface area contributed by atoms with E-state index in [1.807, 2.05) is 5.43 Å². The lowest BCUT2D eigenvalue weighted by molar-refractivity contribution is -0.384. The molecule has 0 atom stereocenters. The van der Waals surface area contributed by atoms with Gasteiger partial charge >= 0.3 is 5.91 Å². The van der Waals surface area contributed by atoms with Crippen LogP contribution >= 0.6 is 0 Å². The highest BCUT2D eigenvalue weighted by Crippen LogP contribution is 2.12. The fraction of sp³-hybridized carbons (Fsp3) is 0.111. The number of nitrogens with two attached hydrogens (primary N) is 1. The summed E-state index contributed by atoms with van der Waals surface area (Å²) in [5.41, 5.74) is 2.62. The zero-order valence-corrected chi connectivity index (χ0v) is 9.55. The average Bonchev–Trinajstić information content (AvgIpc) is 2.87. The smallest absolute Gasteiger partial charge is 0.287 e. The molecular weight excluding hydrogens is 254 g/mol. The fourth-order valence-corrected chi connectivity index (χ4v) is 1.35. The van der Waals surface area contributed by atoms with Crippen LogP contribution < -0.4 is 11.3 Å². The Labute approximate surface area is 106 Å². The molecular formula is C9H9N7O3. The molecule has 0 fully saturated rings. The number of nitrogen functional groups attached to an aromatic ring is 1. The molecule has 1 aromatic carbocycles. The van der Waals surface area contributed by atoms with Gasteiger partial charge in [0.15, 0.2) is 0 Å². The molecule has 0 bridgehead atoms. The highest BCUT2D eigenvalue weighted by Gasteiger charge is 2.11. The maximum absolute atomic E-state index is 11.1. The van der Waals surface area contributed by atoms with Crippen molar-refractivity contribution in [2.75, 3.05) is 0 Å². The van der Waals surface area contributed by atoms with E-state index in [1.165, 1.54) is 16.9 Å². The maximum Gasteiger partial charge on any atom is 0.306 e. The molecule has 98 valence electrons. The number of nitro groups is 1. The Bertz CT molecular complexity index is 607. The fourth-order valence-electron chi connectivity index (χ4n) is 1.35. The number of nitro benzene ring substituents is 1. The third-order valence-corrected chi connectivity index (χ3v) is 2.26. The molecule has 0 radical (unpaired) electrons. The Hall–Kier alpha value is -2.88. The van der Waals surface area contributed by atoms with E-state index in [1.54, 1.807) is 12.1 Å². The number of carbonyl (C=O) groups excluding carboxylic acids is 1. The first-order chi connectivity index (χ1) is 9.10. The predicted octanol–water partition coefficient (Wildman–Crippen LogP) is -0.767. The third-order valence-electron chi connectivity index (χ3n) is 2.26. The Morgan fingerprint density at radius 2 is 2.11 bits per heavy atom. The van der Waals surface area contributed by atoms with Crippen molar-refractivity contribution in [3.63, 3.8) is 0 Å². The van der Waals surface area contributed by atoms with Crippen LogP contribution in [0.5, 0.6) is 0 Å². The summed E-state index contributed by atoms with van der Waals surface area (Å²) < 4.78 is 0. The molecule has 0 aliphatic heterocycles. The molecule has 3 N–H and O–H groups in total. The van der Waals surface area contributed by atoms with E-state index in [4.69, 9.17) is 5.84 Å². The zero-order valence-electron chi connectivity index (χ0n) is 9.55. The molecule has 0 aliphatic rings. The van der Waals surface area contributed by atoms with Gasteiger partial charge in [0.05, 0.1) is 11.5 Å². The van der Waals surface area contributed by atoms with Gasteiger partial charge in [0.2, 0.25) is 0 Å². The van der Waals surface area contributed by atoms with Gasteiger partial charge in [-0.25, -0.2) is 5.84 Å². The highest BCUT2D eigenvalue weighted by atomic mass is 16.6. The number of amides is 1. The van der Waals surface area contributed by atoms with Crippen LogP contribution in [0.2, 0.25) is 0 Å². The Kier molecular flexibility index (Phi) is 3.43. The van der Waals surface area contributed by atoms with Crippen LogP contribution in [0.4, 0.5) is 5.69 Å². The molecule has 0 unspecified atom stereocenters. The third kappa shape index (κ3) is 2.87. The number of hydrazine groups is 1. The number of hydrogen-bond acceptors (Lipinski definition) is 7. The van der Waals surface area contributed by atoms with Crippen molar-refractivity contribution < 1.29 is 9.72 Å². The maximum atomic E-state index is 11.1. The number of carbonyl (C=O) groups is 1. The summed E-state index contributed by atoms with van der Waals surface area (Å²) >= 11 is 0. The second kappa shape index (κ2) is 5.18. The van der Waals surface area contributed by atoms with Crippen molar-refractivity contribution in [2.24, 2.45) is 5.84 Å². The average molecular weight is 263 g/mol. The summed E-state index contributed by atoms with van der Waals surface area (Å²) in [6.45, 7) is 0.239. The predicted molar refractivity (Wildman–Crippen MR) is 61.7 cm³/mol. The monoisotopic (exact) mass is 263 g/mol. The van der Waals surface area contributed by atoms with Gasteiger partial charge in [-0.2, -0.15) is 4.80 Å². The molecule has 0 saturated heterocycles. The molecule has 0 aliphatic carbocycles. The number of non-ortho nitro benzene ring substituents is 1. The van der Waals surface area contributed by atoms with Crippen molar-refractivity contribution in [2.45, 2.75) is 6.54 Å². The molecule has 0 saturated carbocycles. The van der Waals surface area contributed by atoms with Crippen molar-refractivity contribution >= 4 is 11.6 Å². The van der Waals surface area contributed by atoms with Crippen LogP contribution in [0, 0.1) is 10.1 Å². The first kappa shape index (κ1) is 12.6. The minimum Gasteiger partial charge on any atom is -0.287 e. The van der Waals surface area contributed by atoms with Crippen LogP contribution in [-0.2, 0) is 6.54 Å². The lowest BCUT2D eigenvalue weighted by atomic mass is 10.2. The van der Waals surface area contributed by atoms with E-state index in [0.717, 1.165) is 5.56 Å². The van der Waals surface area contributed by atoms with Crippen molar-refractivity contribution in [1.29, 1.82) is 0 Å². The summed E-state index contributed by atoms with van der Waals surface area (Å²) in [5.74, 6) is 4.14. The molecule has 1 heterocycles. The van der Waals surface area contributed by atoms with Gasteiger partial charge < -0.3 is 0 Å². The van der Waals surface area contributed by atoms with Crippen LogP contribution in [0.15, 0.2) is 24.3 Å². The molecule has 10 heteroatoms. The summed E-state index contributed by atoms with van der Waals surface area (Å²) in [7, 11) is 0. The van der Waals surface area contributed by atoms with E-state index in [-0.39, 0.29) is 18.1 Å². The van der Waals surface area contributed by atoms with Gasteiger partial charge in [-0.05, 0) is 10.8 Å². The van der Waals surface area contributed by atoms with E-state index in [2.05, 4.69) is 15.4 Å². The largest absolute Gasteiger partial charge is 0.306 e. The minimum atomic E-state index is -0.644. The summed E-state index contributed by atoms with van der Waals surface area (Å²) in [6, 6.07) is 5.90. The molecule has 0 spiro atoms. The quantitative estimate of drug-likeness (QED) is 0.319. The number of hydrogen-bond donors (Lipinski definition) is 2. The number of nitrogens with zero attached hydrogens (tertiary/aromatic N) is 5. The summed E-state index contributed by atoms with van der Waals surface area (Å²) in [5, 5.41) is 21.5. The lowest BCUT2D eigenvalue weighted by Gasteiger charge is -1.98. The van der Waals surface area contributed by atoms with E-state index >= 15 is 0 Å². The Morgan fingerprint density at radius 1 is 1.42 bits per heavy atom. The topological polar surface area (TPSA) is 142 Å². The number of rotatable bonds is 4. The Morgan fingerprint density at radius 3 is 2.68 bits per heavy atom. The van der Waals surface area contributed by atoms with Crippen molar-refractivity contribution in [3.8, 4) is 0 Å². The van der Waals surface area contributed by atoms with Crippen molar-refractivity contribution in [3.05, 3.63) is 45.8 Å². The summed E-state index contributed by atoms with van der Waals surface area (Å²) in [4.78, 5) is 22.3. The van der Waals surface area contributed by atoms with Gasteiger partial charge in [0, 0.05) is 12.1 Å². The number of nitrogens with one attached hydrogen (secondary N) is 1. The Balaban J connectivity index is 2.10. The molecule has 1 amide bonds. The highest BCUT2D eigenvalue weighted by molar-refractivity contribution is 5.89. The zero-order chi connectivity index (χ0) is 13.8. The van der Waals surface area contributed by atoms with Gasteiger partial charge in [-0.3, -0.25) is 20.3 Å². The van der Waals surface area contributed by atoms with Crippen LogP contribution in [0.3, 0.4) is 0 Å². The van der Waals surface area contributed by atoms with E-state index < -0.39 is 10.8 Å². The van der Waals surface area contributed by atoms with Crippen LogP contribution in [0.1, 0.15) is 16.2 Å². The number of tetrazole rings is 1. The van der Waals surface area contributed by atoms with Crippen LogP contribution in [-0.4, -0.2) is 31.0 Å². The van der Waals surface area contributed by atoms with Crippen molar-refractivity contribution in [1.82, 2.24) is 25.6 Å². The van der Waals surface area contributed by atoms with Crippen LogP contribution in [0.25, 0.3) is 0 Å². The number of aromatic nitrogens is 4. The normalized spacial score (nSPS) is 10.2. The van der Waals surface area contributed by atoms with Gasteiger partial charge in [-0.1, -0.05) is 12.1 Å². The van der Waals surface area contributed by atoms with E-state index in [9.17, 15) is 14.9 Å². The molecule has 19 heavy (non-hydrogen) atoms. The molecule has 10 nitrogen and oxygen atoms in total. The molecule has 2 aromatic rings. The second-order valence-electron chi connectivity index (χ2n) is 3.54. The van der Waals surface area contributed by atoms with Gasteiger partial charge in [-0.15, -0.1) is 10.2 Å². The molecule has 1 aromatic heterocycles. The van der Waals surface area contributed by atoms with Gasteiger partial charge in [0.1, 0.15) is 0 Å². The summed E-state index contributed by atoms with van der Waals surface area (Å²) in [6.07, 6.45) is 0. The SMILES string of the molecule is NNC(=O)c1nnn(Cc2ccc([N+](=O)[O-])cc2)n1.